The van der Waals surface area contributed by atoms with Crippen LogP contribution in [-0.4, -0.2) is 32.3 Å². The minimum atomic E-state index is -4.79. The van der Waals surface area contributed by atoms with Crippen LogP contribution in [0.2, 0.25) is 0 Å². The number of carbonyl (C=O) groups excluding carboxylic acids is 1. The monoisotopic (exact) mass is 495 g/mol. The smallest absolute Gasteiger partial charge is 0.417 e. The lowest BCUT2D eigenvalue weighted by molar-refractivity contribution is -0.137. The van der Waals surface area contributed by atoms with Crippen LogP contribution in [0.4, 0.5) is 18.0 Å². The summed E-state index contributed by atoms with van der Waals surface area (Å²) >= 11 is 0. The number of aromatic hydroxyl groups is 2. The van der Waals surface area contributed by atoms with Gasteiger partial charge in [0.15, 0.2) is 0 Å². The summed E-state index contributed by atoms with van der Waals surface area (Å²) in [6.07, 6.45) is -4.52. The molecule has 1 amide bonds. The molecule has 36 heavy (non-hydrogen) atoms. The number of aromatic nitrogens is 1. The summed E-state index contributed by atoms with van der Waals surface area (Å²) in [7, 11) is 0. The first-order chi connectivity index (χ1) is 17.2. The summed E-state index contributed by atoms with van der Waals surface area (Å²) in [6, 6.07) is 13.2. The molecule has 7 nitrogen and oxygen atoms in total. The molecular formula is C26H20F3N3O4. The fourth-order valence-electron chi connectivity index (χ4n) is 5.91. The van der Waals surface area contributed by atoms with Crippen LogP contribution in [0.25, 0.3) is 5.69 Å². The van der Waals surface area contributed by atoms with Crippen molar-refractivity contribution >= 4 is 6.09 Å². The van der Waals surface area contributed by atoms with Gasteiger partial charge in [-0.05, 0) is 42.0 Å². The predicted octanol–water partition coefficient (Wildman–Crippen LogP) is 5.21. The molecule has 10 heteroatoms. The Labute approximate surface area is 203 Å². The van der Waals surface area contributed by atoms with Crippen LogP contribution >= 0.6 is 0 Å². The van der Waals surface area contributed by atoms with Crippen LogP contribution in [0.1, 0.15) is 46.2 Å². The average Bonchev–Trinajstić information content (AvgIpc) is 3.64. The summed E-state index contributed by atoms with van der Waals surface area (Å²) in [5.74, 6) is -0.743. The Kier molecular flexibility index (Phi) is 4.77. The van der Waals surface area contributed by atoms with Gasteiger partial charge >= 0.3 is 12.3 Å². The number of benzene rings is 2. The first kappa shape index (κ1) is 22.3. The largest absolute Gasteiger partial charge is 0.494 e. The molecule has 2 N–H and O–H groups in total. The SMILES string of the molecule is N#Cc1ccc(-n2c(O)c3c(c2O)[C@H]2[C@@H]4C[C@@H]4[C@@H]3CN2C(=O)OCc2ccccc2)cc1C(F)(F)F. The van der Waals surface area contributed by atoms with Crippen molar-refractivity contribution < 1.29 is 32.9 Å². The number of hydrogen-bond acceptors (Lipinski definition) is 5. The van der Waals surface area contributed by atoms with Crippen molar-refractivity contribution in [1.82, 2.24) is 9.47 Å². The van der Waals surface area contributed by atoms with Crippen molar-refractivity contribution in [2.24, 2.45) is 11.8 Å². The number of rotatable bonds is 3. The van der Waals surface area contributed by atoms with Gasteiger partial charge in [-0.2, -0.15) is 18.4 Å². The zero-order valence-corrected chi connectivity index (χ0v) is 18.7. The van der Waals surface area contributed by atoms with Gasteiger partial charge in [-0.3, -0.25) is 4.57 Å². The third-order valence-electron chi connectivity index (χ3n) is 7.53. The van der Waals surface area contributed by atoms with Crippen LogP contribution < -0.4 is 0 Å². The number of amides is 1. The van der Waals surface area contributed by atoms with Crippen LogP contribution in [0.15, 0.2) is 48.5 Å². The Hall–Kier alpha value is -4.13. The van der Waals surface area contributed by atoms with Gasteiger partial charge in [0.25, 0.3) is 0 Å². The van der Waals surface area contributed by atoms with E-state index in [0.29, 0.717) is 11.1 Å². The highest BCUT2D eigenvalue weighted by molar-refractivity contribution is 5.72. The zero-order chi connectivity index (χ0) is 25.4. The Bertz CT molecular complexity index is 1430. The molecule has 1 aromatic heterocycles. The van der Waals surface area contributed by atoms with Crippen LogP contribution in [-0.2, 0) is 17.5 Å². The number of carbonyl (C=O) groups is 1. The fourth-order valence-corrected chi connectivity index (χ4v) is 5.91. The highest BCUT2D eigenvalue weighted by Gasteiger charge is 2.63. The second-order valence-corrected chi connectivity index (χ2v) is 9.46. The van der Waals surface area contributed by atoms with Gasteiger partial charge in [0.05, 0.1) is 28.9 Å². The van der Waals surface area contributed by atoms with Gasteiger partial charge in [0, 0.05) is 23.6 Å². The Balaban J connectivity index is 1.38. The first-order valence-electron chi connectivity index (χ1n) is 11.5. The van der Waals surface area contributed by atoms with Gasteiger partial charge in [-0.1, -0.05) is 30.3 Å². The van der Waals surface area contributed by atoms with Crippen molar-refractivity contribution in [2.45, 2.75) is 31.2 Å². The van der Waals surface area contributed by atoms with Crippen LogP contribution in [0, 0.1) is 23.2 Å². The topological polar surface area (TPSA) is 98.7 Å². The molecule has 1 saturated carbocycles. The lowest BCUT2D eigenvalue weighted by Gasteiger charge is -2.43. The predicted molar refractivity (Wildman–Crippen MR) is 119 cm³/mol. The van der Waals surface area contributed by atoms with E-state index in [1.54, 1.807) is 4.90 Å². The second kappa shape index (κ2) is 7.68. The average molecular weight is 495 g/mol. The van der Waals surface area contributed by atoms with Crippen molar-refractivity contribution in [3.63, 3.8) is 0 Å². The minimum absolute atomic E-state index is 0.0772. The fraction of sp³-hybridized carbons (Fsp3) is 0.308. The number of ether oxygens (including phenoxy) is 1. The molecule has 2 fully saturated rings. The molecule has 2 bridgehead atoms. The van der Waals surface area contributed by atoms with Crippen LogP contribution in [0.5, 0.6) is 11.8 Å². The molecule has 1 saturated heterocycles. The number of hydrogen-bond donors (Lipinski definition) is 2. The van der Waals surface area contributed by atoms with E-state index < -0.39 is 35.3 Å². The van der Waals surface area contributed by atoms with Gasteiger partial charge in [0.1, 0.15) is 6.61 Å². The first-order valence-corrected chi connectivity index (χ1v) is 11.5. The highest BCUT2D eigenvalue weighted by Crippen LogP contribution is 2.69. The third kappa shape index (κ3) is 3.22. The summed E-state index contributed by atoms with van der Waals surface area (Å²) < 4.78 is 47.1. The molecule has 4 aliphatic rings. The van der Waals surface area contributed by atoms with E-state index in [9.17, 15) is 28.2 Å². The molecular weight excluding hydrogens is 475 g/mol. The summed E-state index contributed by atoms with van der Waals surface area (Å²) in [5, 5.41) is 31.3. The Morgan fingerprint density at radius 3 is 2.50 bits per heavy atom. The number of alkyl halides is 3. The maximum absolute atomic E-state index is 13.5. The molecule has 0 radical (unpaired) electrons. The molecule has 0 spiro atoms. The van der Waals surface area contributed by atoms with Gasteiger partial charge in [0.2, 0.25) is 11.8 Å². The lowest BCUT2D eigenvalue weighted by Crippen LogP contribution is -2.46. The Morgan fingerprint density at radius 1 is 1.08 bits per heavy atom. The summed E-state index contributed by atoms with van der Waals surface area (Å²) in [6.45, 7) is 0.364. The van der Waals surface area contributed by atoms with Crippen molar-refractivity contribution in [2.75, 3.05) is 6.54 Å². The van der Waals surface area contributed by atoms with Gasteiger partial charge in [-0.15, -0.1) is 0 Å². The summed E-state index contributed by atoms with van der Waals surface area (Å²) in [4.78, 5) is 14.6. The molecule has 184 valence electrons. The normalized spacial score (nSPS) is 23.6. The Morgan fingerprint density at radius 2 is 1.81 bits per heavy atom. The van der Waals surface area contributed by atoms with Crippen LogP contribution in [0.3, 0.4) is 0 Å². The highest BCUT2D eigenvalue weighted by atomic mass is 19.4. The van der Waals surface area contributed by atoms with E-state index in [-0.39, 0.29) is 42.5 Å². The number of piperidine rings is 1. The van der Waals surface area contributed by atoms with E-state index in [1.165, 1.54) is 12.1 Å². The van der Waals surface area contributed by atoms with E-state index in [2.05, 4.69) is 0 Å². The second-order valence-electron chi connectivity index (χ2n) is 9.46. The lowest BCUT2D eigenvalue weighted by atomic mass is 9.76. The molecule has 3 heterocycles. The number of fused-ring (bicyclic) bond motifs is 1. The standard InChI is InChI=1S/C26H20F3N3O4/c27-26(28,29)19-8-15(7-6-14(19)10-30)32-23(33)20-18-11-31(22(17-9-16(17)18)21(20)24(32)34)25(35)36-12-13-4-2-1-3-5-13/h1-8,16-18,22,33-34H,9,11-12H2/t16-,17+,18-,22+/m0/s1. The number of nitrogens with zero attached hydrogens (tertiary/aromatic N) is 3. The molecule has 2 aliphatic heterocycles. The van der Waals surface area contributed by atoms with E-state index in [1.807, 2.05) is 30.3 Å². The molecule has 0 unspecified atom stereocenters. The number of halogens is 3. The number of nitriles is 1. The zero-order valence-electron chi connectivity index (χ0n) is 18.7. The molecule has 3 aromatic rings. The maximum atomic E-state index is 13.5. The van der Waals surface area contributed by atoms with Crippen molar-refractivity contribution in [3.8, 4) is 23.5 Å². The van der Waals surface area contributed by atoms with E-state index in [0.717, 1.165) is 28.7 Å². The minimum Gasteiger partial charge on any atom is -0.494 e. The van der Waals surface area contributed by atoms with Crippen molar-refractivity contribution in [3.05, 3.63) is 76.3 Å². The van der Waals surface area contributed by atoms with Gasteiger partial charge < -0.3 is 19.8 Å². The third-order valence-corrected chi connectivity index (χ3v) is 7.53. The van der Waals surface area contributed by atoms with Gasteiger partial charge in [-0.25, -0.2) is 4.79 Å². The van der Waals surface area contributed by atoms with E-state index in [4.69, 9.17) is 10.00 Å². The molecule has 2 aromatic carbocycles. The maximum Gasteiger partial charge on any atom is 0.417 e. The van der Waals surface area contributed by atoms with E-state index >= 15 is 0 Å². The quantitative estimate of drug-likeness (QED) is 0.520. The summed E-state index contributed by atoms with van der Waals surface area (Å²) in [5.41, 5.74) is -0.220. The molecule has 7 rings (SSSR count). The molecule has 4 atom stereocenters. The molecule has 2 aliphatic carbocycles. The van der Waals surface area contributed by atoms with Crippen molar-refractivity contribution in [1.29, 1.82) is 5.26 Å².